The smallest absolute Gasteiger partial charge is 0.263 e. The first-order valence-corrected chi connectivity index (χ1v) is 10.0. The van der Waals surface area contributed by atoms with Crippen LogP contribution in [0.25, 0.3) is 0 Å². The van der Waals surface area contributed by atoms with Crippen molar-refractivity contribution in [1.29, 1.82) is 0 Å². The third kappa shape index (κ3) is 6.54. The van der Waals surface area contributed by atoms with Gasteiger partial charge in [-0.2, -0.15) is 0 Å². The molecule has 156 valence electrons. The number of nitrogens with one attached hydrogen (secondary N) is 1. The van der Waals surface area contributed by atoms with Crippen LogP contribution in [0.5, 0.6) is 5.75 Å². The molecule has 0 radical (unpaired) electrons. The molecule has 1 fully saturated rings. The van der Waals surface area contributed by atoms with Gasteiger partial charge in [-0.15, -0.1) is 0 Å². The van der Waals surface area contributed by atoms with Gasteiger partial charge in [0.1, 0.15) is 11.6 Å². The average Bonchev–Trinajstić information content (AvgIpc) is 2.93. The molecule has 1 heterocycles. The van der Waals surface area contributed by atoms with Crippen LogP contribution in [0, 0.1) is 5.82 Å². The molecule has 1 N–H and O–H groups in total. The zero-order valence-electron chi connectivity index (χ0n) is 17.1. The van der Waals surface area contributed by atoms with Gasteiger partial charge in [0.2, 0.25) is 0 Å². The molecule has 2 aromatic carbocycles. The molecular formula is C23H29FN2O3. The average molecular weight is 400 g/mol. The Morgan fingerprint density at radius 1 is 1.21 bits per heavy atom. The maximum Gasteiger partial charge on any atom is 0.263 e. The summed E-state index contributed by atoms with van der Waals surface area (Å²) in [4.78, 5) is 15.0. The molecule has 1 aliphatic rings. The van der Waals surface area contributed by atoms with Gasteiger partial charge in [-0.3, -0.25) is 9.69 Å². The normalized spacial score (nSPS) is 18.1. The summed E-state index contributed by atoms with van der Waals surface area (Å²) in [6.45, 7) is 7.09. The lowest BCUT2D eigenvalue weighted by molar-refractivity contribution is -0.134. The van der Waals surface area contributed by atoms with Crippen LogP contribution in [0.4, 0.5) is 4.39 Å². The predicted molar refractivity (Wildman–Crippen MR) is 110 cm³/mol. The Morgan fingerprint density at radius 2 is 1.93 bits per heavy atom. The third-order valence-corrected chi connectivity index (χ3v) is 4.91. The highest BCUT2D eigenvalue weighted by atomic mass is 19.1. The molecule has 1 saturated heterocycles. The van der Waals surface area contributed by atoms with Crippen LogP contribution >= 0.6 is 0 Å². The van der Waals surface area contributed by atoms with E-state index < -0.39 is 5.60 Å². The highest BCUT2D eigenvalue weighted by Crippen LogP contribution is 2.19. The summed E-state index contributed by atoms with van der Waals surface area (Å²) >= 11 is 0. The number of hydrogen-bond acceptors (Lipinski definition) is 4. The van der Waals surface area contributed by atoms with E-state index in [4.69, 9.17) is 9.47 Å². The van der Waals surface area contributed by atoms with Crippen LogP contribution in [-0.4, -0.2) is 48.8 Å². The van der Waals surface area contributed by atoms with Gasteiger partial charge in [-0.05, 0) is 50.1 Å². The molecule has 1 aliphatic heterocycles. The maximum absolute atomic E-state index is 13.1. The van der Waals surface area contributed by atoms with E-state index in [1.165, 1.54) is 29.8 Å². The number of carbonyl (C=O) groups is 1. The Kier molecular flexibility index (Phi) is 7.23. The molecule has 2 aromatic rings. The molecule has 0 aliphatic carbocycles. The highest BCUT2D eigenvalue weighted by molar-refractivity contribution is 5.84. The van der Waals surface area contributed by atoms with Gasteiger partial charge in [-0.25, -0.2) is 4.39 Å². The first kappa shape index (κ1) is 21.3. The summed E-state index contributed by atoms with van der Waals surface area (Å²) in [5, 5.41) is 2.95. The molecule has 0 unspecified atom stereocenters. The van der Waals surface area contributed by atoms with Crippen molar-refractivity contribution in [3.63, 3.8) is 0 Å². The fourth-order valence-corrected chi connectivity index (χ4v) is 3.34. The minimum absolute atomic E-state index is 0.0771. The lowest BCUT2D eigenvalue weighted by atomic mass is 10.1. The number of carbonyl (C=O) groups excluding carboxylic acids is 1. The minimum Gasteiger partial charge on any atom is -0.478 e. The van der Waals surface area contributed by atoms with Crippen LogP contribution in [0.15, 0.2) is 54.6 Å². The van der Waals surface area contributed by atoms with Crippen LogP contribution in [0.1, 0.15) is 25.8 Å². The van der Waals surface area contributed by atoms with Crippen LogP contribution in [0.3, 0.4) is 0 Å². The first-order chi connectivity index (χ1) is 13.9. The molecule has 5 nitrogen and oxygen atoms in total. The minimum atomic E-state index is -1.08. The Labute approximate surface area is 171 Å². The largest absolute Gasteiger partial charge is 0.478 e. The number of benzene rings is 2. The van der Waals surface area contributed by atoms with E-state index in [2.05, 4.69) is 22.3 Å². The monoisotopic (exact) mass is 400 g/mol. The van der Waals surface area contributed by atoms with Crippen molar-refractivity contribution in [2.24, 2.45) is 0 Å². The van der Waals surface area contributed by atoms with Gasteiger partial charge >= 0.3 is 0 Å². The van der Waals surface area contributed by atoms with Crippen LogP contribution in [0.2, 0.25) is 0 Å². The molecule has 1 amide bonds. The number of nitrogens with zero attached hydrogens (tertiary/aromatic N) is 1. The topological polar surface area (TPSA) is 50.8 Å². The van der Waals surface area contributed by atoms with Crippen molar-refractivity contribution in [2.45, 2.75) is 38.5 Å². The van der Waals surface area contributed by atoms with Crippen molar-refractivity contribution in [1.82, 2.24) is 10.2 Å². The van der Waals surface area contributed by atoms with E-state index in [0.717, 1.165) is 26.1 Å². The predicted octanol–water partition coefficient (Wildman–Crippen LogP) is 3.39. The van der Waals surface area contributed by atoms with Crippen LogP contribution < -0.4 is 10.1 Å². The Bertz CT molecular complexity index is 780. The zero-order valence-corrected chi connectivity index (χ0v) is 17.1. The van der Waals surface area contributed by atoms with Gasteiger partial charge in [0.25, 0.3) is 5.91 Å². The van der Waals surface area contributed by atoms with Gasteiger partial charge in [0.05, 0.1) is 6.10 Å². The Hall–Kier alpha value is -2.44. The second kappa shape index (κ2) is 9.85. The van der Waals surface area contributed by atoms with E-state index in [1.807, 2.05) is 18.2 Å². The van der Waals surface area contributed by atoms with Crippen molar-refractivity contribution < 1.29 is 18.7 Å². The first-order valence-electron chi connectivity index (χ1n) is 10.0. The van der Waals surface area contributed by atoms with E-state index in [1.54, 1.807) is 13.8 Å². The fourth-order valence-electron chi connectivity index (χ4n) is 3.34. The third-order valence-electron chi connectivity index (χ3n) is 4.91. The molecule has 0 spiro atoms. The Morgan fingerprint density at radius 3 is 2.66 bits per heavy atom. The summed E-state index contributed by atoms with van der Waals surface area (Å²) in [5.41, 5.74) is 0.192. The van der Waals surface area contributed by atoms with Crippen LogP contribution in [-0.2, 0) is 16.1 Å². The maximum atomic E-state index is 13.1. The molecule has 1 atom stereocenters. The van der Waals surface area contributed by atoms with Crippen molar-refractivity contribution in [3.05, 3.63) is 66.0 Å². The van der Waals surface area contributed by atoms with Gasteiger partial charge in [0.15, 0.2) is 5.60 Å². The second-order valence-corrected chi connectivity index (χ2v) is 7.84. The van der Waals surface area contributed by atoms with E-state index in [-0.39, 0.29) is 17.8 Å². The number of ether oxygens (including phenoxy) is 2. The van der Waals surface area contributed by atoms with Crippen molar-refractivity contribution >= 4 is 5.91 Å². The summed E-state index contributed by atoms with van der Waals surface area (Å²) in [5.74, 6) is -0.124. The van der Waals surface area contributed by atoms with E-state index in [9.17, 15) is 9.18 Å². The molecule has 0 saturated carbocycles. The second-order valence-electron chi connectivity index (χ2n) is 7.84. The lowest BCUT2D eigenvalue weighted by Gasteiger charge is -2.28. The van der Waals surface area contributed by atoms with E-state index >= 15 is 0 Å². The number of hydrogen-bond donors (Lipinski definition) is 1. The summed E-state index contributed by atoms with van der Waals surface area (Å²) in [7, 11) is 0. The molecule has 0 aromatic heterocycles. The number of amides is 1. The van der Waals surface area contributed by atoms with Gasteiger partial charge < -0.3 is 14.8 Å². The van der Waals surface area contributed by atoms with E-state index in [0.29, 0.717) is 18.9 Å². The Balaban J connectivity index is 1.51. The van der Waals surface area contributed by atoms with Crippen molar-refractivity contribution in [2.75, 3.05) is 26.2 Å². The van der Waals surface area contributed by atoms with Crippen molar-refractivity contribution in [3.8, 4) is 5.75 Å². The highest BCUT2D eigenvalue weighted by Gasteiger charge is 2.31. The SMILES string of the molecule is CC(C)(Oc1ccc(F)cc1)C(=O)NC[C@@H]1CN(Cc2ccccc2)CCCO1. The number of halogens is 1. The number of rotatable bonds is 7. The zero-order chi connectivity index (χ0) is 20.7. The summed E-state index contributed by atoms with van der Waals surface area (Å²) in [6.07, 6.45) is 0.892. The summed E-state index contributed by atoms with van der Waals surface area (Å²) in [6, 6.07) is 16.0. The quantitative estimate of drug-likeness (QED) is 0.774. The standard InChI is InChI=1S/C23H29FN2O3/c1-23(2,29-20-11-9-19(24)10-12-20)22(27)25-15-21-17-26(13-6-14-28-21)16-18-7-4-3-5-8-18/h3-5,7-12,21H,6,13-17H2,1-2H3,(H,25,27)/t21-/m1/s1. The van der Waals surface area contributed by atoms with Gasteiger partial charge in [0, 0.05) is 32.8 Å². The molecule has 6 heteroatoms. The van der Waals surface area contributed by atoms with Gasteiger partial charge in [-0.1, -0.05) is 30.3 Å². The fraction of sp³-hybridized carbons (Fsp3) is 0.435. The molecule has 3 rings (SSSR count). The molecule has 0 bridgehead atoms. The lowest BCUT2D eigenvalue weighted by Crippen LogP contribution is -2.49. The molecule has 29 heavy (non-hydrogen) atoms. The molecular weight excluding hydrogens is 371 g/mol. The summed E-state index contributed by atoms with van der Waals surface area (Å²) < 4.78 is 24.7.